The van der Waals surface area contributed by atoms with Crippen LogP contribution in [-0.2, 0) is 16.0 Å². The summed E-state index contributed by atoms with van der Waals surface area (Å²) in [5.41, 5.74) is 2.77. The molecule has 1 saturated carbocycles. The van der Waals surface area contributed by atoms with Crippen molar-refractivity contribution in [2.75, 3.05) is 18.5 Å². The number of benzene rings is 2. The third kappa shape index (κ3) is 7.79. The number of nitrogens with one attached hydrogen (secondary N) is 1. The molecule has 2 N–H and O–H groups in total. The van der Waals surface area contributed by atoms with Crippen LogP contribution >= 0.6 is 0 Å². The highest BCUT2D eigenvalue weighted by Crippen LogP contribution is 2.24. The Morgan fingerprint density at radius 3 is 2.34 bits per heavy atom. The second-order valence-electron chi connectivity index (χ2n) is 9.57. The molecule has 8 heteroatoms. The summed E-state index contributed by atoms with van der Waals surface area (Å²) < 4.78 is 17.5. The highest BCUT2D eigenvalue weighted by molar-refractivity contribution is 6.01. The molecule has 2 aromatic carbocycles. The lowest BCUT2D eigenvalue weighted by molar-refractivity contribution is -0.115. The molecule has 1 aliphatic carbocycles. The minimum absolute atomic E-state index is 0.0513. The number of carbonyl (C=O) groups excluding carboxylic acids is 1. The summed E-state index contributed by atoms with van der Waals surface area (Å²) in [5, 5.41) is 12.2. The number of nitrogens with zero attached hydrogens (tertiary/aromatic N) is 1. The van der Waals surface area contributed by atoms with Crippen molar-refractivity contribution >= 4 is 17.6 Å². The average molecular weight is 519 g/mol. The van der Waals surface area contributed by atoms with Gasteiger partial charge in [-0.25, -0.2) is 9.78 Å². The molecule has 0 aliphatic heterocycles. The summed E-state index contributed by atoms with van der Waals surface area (Å²) in [6, 6.07) is 14.0. The molecule has 38 heavy (non-hydrogen) atoms. The lowest BCUT2D eigenvalue weighted by Crippen LogP contribution is -2.19. The van der Waals surface area contributed by atoms with Crippen molar-refractivity contribution in [1.29, 1.82) is 0 Å². The van der Waals surface area contributed by atoms with E-state index in [9.17, 15) is 14.7 Å². The van der Waals surface area contributed by atoms with Gasteiger partial charge >= 0.3 is 5.97 Å². The molecule has 1 amide bonds. The standard InChI is InChI=1S/C30H34N2O6/c1-20-16-26(30(34)35)27(17-21(20)2)32-28(33)18-22-8-13-29(31-19-22)38-25-11-9-24(10-12-25)37-15-14-36-23-6-4-3-5-7-23/h8-13,16-17,19,23H,3-7,14-15,18H2,1-2H3,(H,32,33)(H,34,35). The Labute approximate surface area is 223 Å². The van der Waals surface area contributed by atoms with Crippen molar-refractivity contribution in [2.24, 2.45) is 0 Å². The fraction of sp³-hybridized carbons (Fsp3) is 0.367. The Bertz CT molecular complexity index is 1230. The number of aryl methyl sites for hydroxylation is 2. The Morgan fingerprint density at radius 2 is 1.66 bits per heavy atom. The van der Waals surface area contributed by atoms with E-state index in [1.807, 2.05) is 38.1 Å². The van der Waals surface area contributed by atoms with Gasteiger partial charge in [0.2, 0.25) is 11.8 Å². The zero-order chi connectivity index (χ0) is 26.9. The third-order valence-corrected chi connectivity index (χ3v) is 6.60. The molecular formula is C30H34N2O6. The molecule has 1 aromatic heterocycles. The van der Waals surface area contributed by atoms with E-state index in [0.29, 0.717) is 36.5 Å². The summed E-state index contributed by atoms with van der Waals surface area (Å²) in [6.45, 7) is 4.80. The van der Waals surface area contributed by atoms with E-state index < -0.39 is 5.97 Å². The zero-order valence-corrected chi connectivity index (χ0v) is 21.9. The lowest BCUT2D eigenvalue weighted by atomic mass is 9.98. The molecule has 1 heterocycles. The number of hydrogen-bond donors (Lipinski definition) is 2. The largest absolute Gasteiger partial charge is 0.491 e. The van der Waals surface area contributed by atoms with E-state index in [-0.39, 0.29) is 23.6 Å². The third-order valence-electron chi connectivity index (χ3n) is 6.60. The molecule has 3 aromatic rings. The van der Waals surface area contributed by atoms with E-state index in [1.54, 1.807) is 30.5 Å². The van der Waals surface area contributed by atoms with E-state index >= 15 is 0 Å². The van der Waals surface area contributed by atoms with Gasteiger partial charge in [0.15, 0.2) is 0 Å². The number of rotatable bonds is 11. The molecule has 0 radical (unpaired) electrons. The summed E-state index contributed by atoms with van der Waals surface area (Å²) in [6.07, 6.45) is 8.11. The zero-order valence-electron chi connectivity index (χ0n) is 21.9. The molecule has 0 unspecified atom stereocenters. The summed E-state index contributed by atoms with van der Waals surface area (Å²) in [4.78, 5) is 28.4. The van der Waals surface area contributed by atoms with Crippen LogP contribution in [0.4, 0.5) is 5.69 Å². The first-order valence-electron chi connectivity index (χ1n) is 13.0. The van der Waals surface area contributed by atoms with Gasteiger partial charge in [-0.1, -0.05) is 25.3 Å². The van der Waals surface area contributed by atoms with E-state index in [4.69, 9.17) is 14.2 Å². The van der Waals surface area contributed by atoms with Gasteiger partial charge in [0, 0.05) is 12.3 Å². The number of aromatic nitrogens is 1. The molecule has 200 valence electrons. The predicted octanol–water partition coefficient (Wildman–Crippen LogP) is 6.10. The van der Waals surface area contributed by atoms with Gasteiger partial charge in [-0.15, -0.1) is 0 Å². The first-order valence-corrected chi connectivity index (χ1v) is 13.0. The monoisotopic (exact) mass is 518 g/mol. The smallest absolute Gasteiger partial charge is 0.337 e. The van der Waals surface area contributed by atoms with E-state index in [1.165, 1.54) is 19.3 Å². The second kappa shape index (κ2) is 13.1. The van der Waals surface area contributed by atoms with E-state index in [2.05, 4.69) is 10.3 Å². The van der Waals surface area contributed by atoms with Crippen LogP contribution in [0.5, 0.6) is 17.4 Å². The minimum Gasteiger partial charge on any atom is -0.491 e. The van der Waals surface area contributed by atoms with Crippen LogP contribution in [0, 0.1) is 13.8 Å². The number of hydrogen-bond acceptors (Lipinski definition) is 6. The molecule has 0 spiro atoms. The Kier molecular flexibility index (Phi) is 9.32. The highest BCUT2D eigenvalue weighted by Gasteiger charge is 2.15. The highest BCUT2D eigenvalue weighted by atomic mass is 16.5. The van der Waals surface area contributed by atoms with Crippen LogP contribution in [0.15, 0.2) is 54.7 Å². The molecular weight excluding hydrogens is 484 g/mol. The van der Waals surface area contributed by atoms with Crippen LogP contribution in [0.1, 0.15) is 59.2 Å². The number of carbonyl (C=O) groups is 2. The molecule has 0 saturated heterocycles. The normalized spacial score (nSPS) is 13.6. The molecule has 4 rings (SSSR count). The van der Waals surface area contributed by atoms with Crippen molar-refractivity contribution in [1.82, 2.24) is 4.98 Å². The Hall–Kier alpha value is -3.91. The number of carboxylic acids is 1. The summed E-state index contributed by atoms with van der Waals surface area (Å²) in [5.74, 6) is 0.338. The maximum atomic E-state index is 12.6. The first-order chi connectivity index (χ1) is 18.4. The number of ether oxygens (including phenoxy) is 3. The first kappa shape index (κ1) is 27.1. The fourth-order valence-corrected chi connectivity index (χ4v) is 4.38. The van der Waals surface area contributed by atoms with Gasteiger partial charge in [-0.2, -0.15) is 0 Å². The van der Waals surface area contributed by atoms with Crippen LogP contribution < -0.4 is 14.8 Å². The fourth-order valence-electron chi connectivity index (χ4n) is 4.38. The quantitative estimate of drug-likeness (QED) is 0.295. The van der Waals surface area contributed by atoms with Crippen LogP contribution in [-0.4, -0.2) is 41.3 Å². The topological polar surface area (TPSA) is 107 Å². The van der Waals surface area contributed by atoms with Gasteiger partial charge < -0.3 is 24.6 Å². The number of pyridine rings is 1. The maximum Gasteiger partial charge on any atom is 0.337 e. The number of carboxylic acid groups (broad SMARTS) is 1. The van der Waals surface area contributed by atoms with Crippen LogP contribution in [0.25, 0.3) is 0 Å². The van der Waals surface area contributed by atoms with Crippen LogP contribution in [0.2, 0.25) is 0 Å². The van der Waals surface area contributed by atoms with Gasteiger partial charge in [0.05, 0.1) is 30.4 Å². The number of aromatic carboxylic acids is 1. The number of amides is 1. The van der Waals surface area contributed by atoms with Gasteiger partial charge in [-0.05, 0) is 79.8 Å². The van der Waals surface area contributed by atoms with Gasteiger partial charge in [-0.3, -0.25) is 4.79 Å². The Morgan fingerprint density at radius 1 is 0.947 bits per heavy atom. The minimum atomic E-state index is -1.09. The SMILES string of the molecule is Cc1cc(NC(=O)Cc2ccc(Oc3ccc(OCCOC4CCCCC4)cc3)nc2)c(C(=O)O)cc1C. The van der Waals surface area contributed by atoms with Crippen molar-refractivity contribution in [3.63, 3.8) is 0 Å². The molecule has 0 atom stereocenters. The van der Waals surface area contributed by atoms with Crippen molar-refractivity contribution < 1.29 is 28.9 Å². The van der Waals surface area contributed by atoms with Crippen molar-refractivity contribution in [3.05, 3.63) is 77.0 Å². The summed E-state index contributed by atoms with van der Waals surface area (Å²) in [7, 11) is 0. The molecule has 1 fully saturated rings. The molecule has 0 bridgehead atoms. The molecule has 1 aliphatic rings. The molecule has 8 nitrogen and oxygen atoms in total. The summed E-state index contributed by atoms with van der Waals surface area (Å²) >= 11 is 0. The average Bonchev–Trinajstić information content (AvgIpc) is 2.91. The Balaban J connectivity index is 1.24. The van der Waals surface area contributed by atoms with E-state index in [0.717, 1.165) is 29.7 Å². The predicted molar refractivity (Wildman–Crippen MR) is 144 cm³/mol. The van der Waals surface area contributed by atoms with Crippen molar-refractivity contribution in [3.8, 4) is 17.4 Å². The van der Waals surface area contributed by atoms with Crippen LogP contribution in [0.3, 0.4) is 0 Å². The second-order valence-corrected chi connectivity index (χ2v) is 9.57. The lowest BCUT2D eigenvalue weighted by Gasteiger charge is -2.21. The maximum absolute atomic E-state index is 12.6. The van der Waals surface area contributed by atoms with Gasteiger partial charge in [0.25, 0.3) is 0 Å². The number of anilines is 1. The van der Waals surface area contributed by atoms with Crippen molar-refractivity contribution in [2.45, 2.75) is 58.5 Å². The van der Waals surface area contributed by atoms with Gasteiger partial charge in [0.1, 0.15) is 18.1 Å².